The van der Waals surface area contributed by atoms with E-state index in [9.17, 15) is 0 Å². The summed E-state index contributed by atoms with van der Waals surface area (Å²) in [5, 5.41) is 1.29. The van der Waals surface area contributed by atoms with Gasteiger partial charge < -0.3 is 9.64 Å². The zero-order chi connectivity index (χ0) is 16.7. The van der Waals surface area contributed by atoms with Gasteiger partial charge >= 0.3 is 0 Å². The number of aryl methyl sites for hydroxylation is 2. The molecule has 3 heterocycles. The Hall–Kier alpha value is -1.65. The monoisotopic (exact) mass is 325 g/mol. The summed E-state index contributed by atoms with van der Waals surface area (Å²) in [6.07, 6.45) is 1.07. The summed E-state index contributed by atoms with van der Waals surface area (Å²) in [6.45, 7) is 9.25. The molecular formula is C20H27N3O. The predicted molar refractivity (Wildman–Crippen MR) is 98.8 cm³/mol. The number of fused-ring (bicyclic) bond motifs is 4. The molecule has 4 rings (SSSR count). The van der Waals surface area contributed by atoms with Crippen molar-refractivity contribution in [3.05, 3.63) is 35.4 Å². The first kappa shape index (κ1) is 15.9. The number of likely N-dealkylation sites (N-methyl/N-ethyl adjacent to an activating group) is 1. The van der Waals surface area contributed by atoms with E-state index in [1.54, 1.807) is 0 Å². The zero-order valence-electron chi connectivity index (χ0n) is 15.0. The highest BCUT2D eigenvalue weighted by molar-refractivity contribution is 5.84. The SMILES string of the molecule is CCc1ccc2nc(N3C[C@@H]4COC[C@H](C3)N(C)C4)cc(C)c2c1. The van der Waals surface area contributed by atoms with Crippen LogP contribution in [0.2, 0.25) is 0 Å². The first-order valence-electron chi connectivity index (χ1n) is 9.07. The average Bonchev–Trinajstić information content (AvgIpc) is 2.83. The minimum absolute atomic E-state index is 0.456. The van der Waals surface area contributed by atoms with E-state index >= 15 is 0 Å². The second kappa shape index (κ2) is 6.34. The van der Waals surface area contributed by atoms with Gasteiger partial charge in [0.05, 0.1) is 24.8 Å². The van der Waals surface area contributed by atoms with Crippen LogP contribution < -0.4 is 4.90 Å². The Morgan fingerprint density at radius 2 is 2.04 bits per heavy atom. The molecule has 2 aromatic rings. The Labute approximate surface area is 144 Å². The van der Waals surface area contributed by atoms with E-state index in [0.717, 1.165) is 50.6 Å². The van der Waals surface area contributed by atoms with Crippen molar-refractivity contribution in [2.75, 3.05) is 44.8 Å². The molecule has 2 fully saturated rings. The smallest absolute Gasteiger partial charge is 0.129 e. The van der Waals surface area contributed by atoms with Gasteiger partial charge in [0.2, 0.25) is 0 Å². The number of rotatable bonds is 2. The first-order chi connectivity index (χ1) is 11.6. The van der Waals surface area contributed by atoms with Crippen LogP contribution in [0, 0.1) is 12.8 Å². The van der Waals surface area contributed by atoms with E-state index in [1.165, 1.54) is 16.5 Å². The van der Waals surface area contributed by atoms with Gasteiger partial charge in [-0.15, -0.1) is 0 Å². The van der Waals surface area contributed by atoms with Crippen molar-refractivity contribution in [1.29, 1.82) is 0 Å². The molecule has 0 unspecified atom stereocenters. The number of hydrogen-bond acceptors (Lipinski definition) is 4. The Morgan fingerprint density at radius 1 is 1.17 bits per heavy atom. The minimum Gasteiger partial charge on any atom is -0.379 e. The Morgan fingerprint density at radius 3 is 2.88 bits per heavy atom. The summed E-state index contributed by atoms with van der Waals surface area (Å²) >= 11 is 0. The van der Waals surface area contributed by atoms with Crippen LogP contribution in [-0.4, -0.2) is 55.8 Å². The van der Waals surface area contributed by atoms with Crippen LogP contribution in [0.1, 0.15) is 18.1 Å². The van der Waals surface area contributed by atoms with Crippen molar-refractivity contribution < 1.29 is 4.74 Å². The molecule has 2 bridgehead atoms. The molecule has 0 N–H and O–H groups in total. The van der Waals surface area contributed by atoms with Crippen molar-refractivity contribution in [2.24, 2.45) is 5.92 Å². The van der Waals surface area contributed by atoms with Crippen LogP contribution >= 0.6 is 0 Å². The number of anilines is 1. The molecule has 0 spiro atoms. The van der Waals surface area contributed by atoms with Crippen LogP contribution in [0.5, 0.6) is 0 Å². The molecule has 24 heavy (non-hydrogen) atoms. The Balaban J connectivity index is 1.71. The number of hydrogen-bond donors (Lipinski definition) is 0. The van der Waals surface area contributed by atoms with Crippen LogP contribution in [0.3, 0.4) is 0 Å². The van der Waals surface area contributed by atoms with E-state index in [2.05, 4.69) is 55.0 Å². The van der Waals surface area contributed by atoms with Gasteiger partial charge in [0.15, 0.2) is 0 Å². The topological polar surface area (TPSA) is 28.6 Å². The number of aromatic nitrogens is 1. The lowest BCUT2D eigenvalue weighted by atomic mass is 10.0. The lowest BCUT2D eigenvalue weighted by Crippen LogP contribution is -2.42. The lowest BCUT2D eigenvalue weighted by Gasteiger charge is -2.31. The average molecular weight is 325 g/mol. The Bertz CT molecular complexity index is 745. The molecule has 2 aliphatic heterocycles. The van der Waals surface area contributed by atoms with E-state index < -0.39 is 0 Å². The summed E-state index contributed by atoms with van der Waals surface area (Å²) in [6, 6.07) is 9.40. The van der Waals surface area contributed by atoms with Crippen LogP contribution in [0.15, 0.2) is 24.3 Å². The molecule has 0 radical (unpaired) electrons. The first-order valence-corrected chi connectivity index (χ1v) is 9.07. The van der Waals surface area contributed by atoms with Crippen molar-refractivity contribution in [3.8, 4) is 0 Å². The van der Waals surface area contributed by atoms with E-state index in [0.29, 0.717) is 12.0 Å². The molecule has 2 atom stereocenters. The van der Waals surface area contributed by atoms with E-state index in [-0.39, 0.29) is 0 Å². The molecule has 1 aromatic carbocycles. The molecular weight excluding hydrogens is 298 g/mol. The highest BCUT2D eigenvalue weighted by atomic mass is 16.5. The third-order valence-corrected chi connectivity index (χ3v) is 5.54. The van der Waals surface area contributed by atoms with Crippen molar-refractivity contribution in [2.45, 2.75) is 26.3 Å². The quantitative estimate of drug-likeness (QED) is 0.849. The molecule has 0 amide bonds. The van der Waals surface area contributed by atoms with Crippen molar-refractivity contribution >= 4 is 16.7 Å². The minimum atomic E-state index is 0.456. The second-order valence-electron chi connectivity index (χ2n) is 7.40. The highest BCUT2D eigenvalue weighted by Gasteiger charge is 2.32. The highest BCUT2D eigenvalue weighted by Crippen LogP contribution is 2.27. The standard InChI is InChI=1S/C20H27N3O/c1-4-15-5-6-19-18(8-15)14(2)7-20(21-19)23-10-16-9-22(3)17(11-23)13-24-12-16/h5-8,16-17H,4,9-13H2,1-3H3/t16-,17+/m1/s1. The fourth-order valence-corrected chi connectivity index (χ4v) is 4.04. The maximum Gasteiger partial charge on any atom is 0.129 e. The van der Waals surface area contributed by atoms with E-state index in [4.69, 9.17) is 9.72 Å². The van der Waals surface area contributed by atoms with Crippen LogP contribution in [-0.2, 0) is 11.2 Å². The van der Waals surface area contributed by atoms with Gasteiger partial charge in [-0.05, 0) is 49.7 Å². The molecule has 4 heteroatoms. The third kappa shape index (κ3) is 2.89. The molecule has 2 aliphatic rings. The summed E-state index contributed by atoms with van der Waals surface area (Å²) in [5.74, 6) is 1.68. The fraction of sp³-hybridized carbons (Fsp3) is 0.550. The van der Waals surface area contributed by atoms with Gasteiger partial charge in [-0.25, -0.2) is 4.98 Å². The van der Waals surface area contributed by atoms with Gasteiger partial charge in [-0.3, -0.25) is 4.90 Å². The summed E-state index contributed by atoms with van der Waals surface area (Å²) in [4.78, 5) is 9.93. The zero-order valence-corrected chi connectivity index (χ0v) is 15.0. The Kier molecular flexibility index (Phi) is 4.19. The summed E-state index contributed by atoms with van der Waals surface area (Å²) in [7, 11) is 2.22. The molecule has 4 nitrogen and oxygen atoms in total. The molecule has 0 aliphatic carbocycles. The van der Waals surface area contributed by atoms with Gasteiger partial charge in [0, 0.05) is 30.9 Å². The molecule has 0 saturated carbocycles. The normalized spacial score (nSPS) is 25.0. The fourth-order valence-electron chi connectivity index (χ4n) is 4.04. The number of ether oxygens (including phenoxy) is 1. The number of pyridine rings is 1. The summed E-state index contributed by atoms with van der Waals surface area (Å²) < 4.78 is 5.85. The van der Waals surface area contributed by atoms with Gasteiger partial charge in [0.1, 0.15) is 5.82 Å². The predicted octanol–water partition coefficient (Wildman–Crippen LogP) is 2.87. The largest absolute Gasteiger partial charge is 0.379 e. The van der Waals surface area contributed by atoms with Gasteiger partial charge in [0.25, 0.3) is 0 Å². The maximum absolute atomic E-state index is 5.85. The number of nitrogens with zero attached hydrogens (tertiary/aromatic N) is 3. The molecule has 2 saturated heterocycles. The van der Waals surface area contributed by atoms with E-state index in [1.807, 2.05) is 0 Å². The summed E-state index contributed by atoms with van der Waals surface area (Å²) in [5.41, 5.74) is 3.81. The number of benzene rings is 1. The van der Waals surface area contributed by atoms with Crippen LogP contribution in [0.4, 0.5) is 5.82 Å². The van der Waals surface area contributed by atoms with Gasteiger partial charge in [-0.1, -0.05) is 13.0 Å². The third-order valence-electron chi connectivity index (χ3n) is 5.54. The second-order valence-corrected chi connectivity index (χ2v) is 7.40. The van der Waals surface area contributed by atoms with Crippen molar-refractivity contribution in [3.63, 3.8) is 0 Å². The lowest BCUT2D eigenvalue weighted by molar-refractivity contribution is 0.0930. The molecule has 128 valence electrons. The molecule has 1 aromatic heterocycles. The van der Waals surface area contributed by atoms with Gasteiger partial charge in [-0.2, -0.15) is 0 Å². The van der Waals surface area contributed by atoms with Crippen LogP contribution in [0.25, 0.3) is 10.9 Å². The maximum atomic E-state index is 5.85. The van der Waals surface area contributed by atoms with Crippen molar-refractivity contribution in [1.82, 2.24) is 9.88 Å².